The highest BCUT2D eigenvalue weighted by Crippen LogP contribution is 2.16. The highest BCUT2D eigenvalue weighted by atomic mass is 35.5. The molecule has 0 saturated heterocycles. The van der Waals surface area contributed by atoms with Crippen LogP contribution in [0.3, 0.4) is 0 Å². The number of rotatable bonds is 5. The first-order valence-corrected chi connectivity index (χ1v) is 6.27. The molecule has 0 aliphatic rings. The van der Waals surface area contributed by atoms with Crippen molar-refractivity contribution in [1.29, 1.82) is 0 Å². The van der Waals surface area contributed by atoms with Crippen LogP contribution < -0.4 is 5.32 Å². The third-order valence-corrected chi connectivity index (χ3v) is 2.97. The number of hydrogen-bond donors (Lipinski definition) is 1. The van der Waals surface area contributed by atoms with E-state index in [2.05, 4.69) is 5.32 Å². The van der Waals surface area contributed by atoms with Crippen LogP contribution in [0.4, 0.5) is 8.78 Å². The number of nitrogens with one attached hydrogen (secondary N) is 1. The first-order chi connectivity index (χ1) is 8.47. The summed E-state index contributed by atoms with van der Waals surface area (Å²) in [5, 5.41) is 2.21. The Morgan fingerprint density at radius 3 is 2.72 bits per heavy atom. The molecule has 0 spiro atoms. The second-order valence-electron chi connectivity index (χ2n) is 4.15. The highest BCUT2D eigenvalue weighted by molar-refractivity contribution is 6.20. The minimum absolute atomic E-state index is 0.195. The number of carbonyl (C=O) groups excluding carboxylic acids is 1. The first-order valence-electron chi connectivity index (χ1n) is 5.84. The van der Waals surface area contributed by atoms with Crippen molar-refractivity contribution >= 4 is 17.5 Å². The predicted molar refractivity (Wildman–Crippen MR) is 68.0 cm³/mol. The SMILES string of the molecule is CCCC(Cl)CNC(=O)c1c(F)ccc(C)c1F. The van der Waals surface area contributed by atoms with Gasteiger partial charge in [0.15, 0.2) is 0 Å². The zero-order valence-corrected chi connectivity index (χ0v) is 11.2. The lowest BCUT2D eigenvalue weighted by Gasteiger charge is -2.11. The number of amides is 1. The van der Waals surface area contributed by atoms with Crippen LogP contribution in [0.2, 0.25) is 0 Å². The van der Waals surface area contributed by atoms with E-state index in [-0.39, 0.29) is 17.5 Å². The van der Waals surface area contributed by atoms with E-state index in [9.17, 15) is 13.6 Å². The van der Waals surface area contributed by atoms with Crippen LogP contribution in [0.5, 0.6) is 0 Å². The molecule has 0 aliphatic heterocycles. The molecule has 100 valence electrons. The van der Waals surface area contributed by atoms with Crippen molar-refractivity contribution in [2.75, 3.05) is 6.54 Å². The third-order valence-electron chi connectivity index (χ3n) is 2.60. The summed E-state index contributed by atoms with van der Waals surface area (Å²) >= 11 is 5.92. The lowest BCUT2D eigenvalue weighted by molar-refractivity contribution is 0.0944. The molecule has 1 unspecified atom stereocenters. The van der Waals surface area contributed by atoms with Crippen molar-refractivity contribution in [3.63, 3.8) is 0 Å². The maximum Gasteiger partial charge on any atom is 0.257 e. The molecular formula is C13H16ClF2NO. The monoisotopic (exact) mass is 275 g/mol. The summed E-state index contributed by atoms with van der Waals surface area (Å²) in [5.41, 5.74) is -0.312. The third kappa shape index (κ3) is 3.67. The Kier molecular flexibility index (Phi) is 5.54. The Bertz CT molecular complexity index is 437. The number of aryl methyl sites for hydroxylation is 1. The second-order valence-corrected chi connectivity index (χ2v) is 4.77. The standard InChI is InChI=1S/C13H16ClF2NO/c1-3-4-9(14)7-17-13(18)11-10(15)6-5-8(2)12(11)16/h5-6,9H,3-4,7H2,1-2H3,(H,17,18). The van der Waals surface area contributed by atoms with Gasteiger partial charge in [-0.15, -0.1) is 11.6 Å². The van der Waals surface area contributed by atoms with Crippen molar-refractivity contribution < 1.29 is 13.6 Å². The summed E-state index contributed by atoms with van der Waals surface area (Å²) in [5.74, 6) is -2.46. The van der Waals surface area contributed by atoms with E-state index in [0.29, 0.717) is 0 Å². The summed E-state index contributed by atoms with van der Waals surface area (Å²) in [7, 11) is 0. The van der Waals surface area contributed by atoms with Gasteiger partial charge in [0, 0.05) is 6.54 Å². The number of hydrogen-bond acceptors (Lipinski definition) is 1. The largest absolute Gasteiger partial charge is 0.350 e. The molecule has 0 aliphatic carbocycles. The number of halogens is 3. The maximum absolute atomic E-state index is 13.7. The van der Waals surface area contributed by atoms with Gasteiger partial charge >= 0.3 is 0 Å². The molecule has 0 saturated carbocycles. The molecule has 1 aromatic rings. The quantitative estimate of drug-likeness (QED) is 0.820. The minimum atomic E-state index is -0.864. The van der Waals surface area contributed by atoms with Gasteiger partial charge in [0.1, 0.15) is 17.2 Å². The van der Waals surface area contributed by atoms with Gasteiger partial charge in [-0.05, 0) is 25.0 Å². The Hall–Kier alpha value is -1.16. The van der Waals surface area contributed by atoms with Crippen LogP contribution >= 0.6 is 11.6 Å². The summed E-state index contributed by atoms with van der Waals surface area (Å²) in [6.07, 6.45) is 1.62. The number of alkyl halides is 1. The number of benzene rings is 1. The molecule has 18 heavy (non-hydrogen) atoms. The molecule has 1 rings (SSSR count). The normalized spacial score (nSPS) is 12.3. The van der Waals surface area contributed by atoms with Crippen LogP contribution in [-0.4, -0.2) is 17.8 Å². The van der Waals surface area contributed by atoms with Crippen molar-refractivity contribution in [2.24, 2.45) is 0 Å². The van der Waals surface area contributed by atoms with Gasteiger partial charge < -0.3 is 5.32 Å². The van der Waals surface area contributed by atoms with Gasteiger partial charge in [0.2, 0.25) is 0 Å². The molecule has 0 heterocycles. The second kappa shape index (κ2) is 6.69. The van der Waals surface area contributed by atoms with Crippen molar-refractivity contribution in [1.82, 2.24) is 5.32 Å². The zero-order valence-electron chi connectivity index (χ0n) is 10.4. The van der Waals surface area contributed by atoms with E-state index >= 15 is 0 Å². The van der Waals surface area contributed by atoms with Gasteiger partial charge in [-0.1, -0.05) is 19.4 Å². The van der Waals surface area contributed by atoms with Crippen LogP contribution in [0, 0.1) is 18.6 Å². The Morgan fingerprint density at radius 2 is 2.11 bits per heavy atom. The predicted octanol–water partition coefficient (Wildman–Crippen LogP) is 3.41. The number of carbonyl (C=O) groups is 1. The fraction of sp³-hybridized carbons (Fsp3) is 0.462. The van der Waals surface area contributed by atoms with Crippen molar-refractivity contribution in [3.8, 4) is 0 Å². The average molecular weight is 276 g/mol. The zero-order chi connectivity index (χ0) is 13.7. The Morgan fingerprint density at radius 1 is 1.44 bits per heavy atom. The molecule has 0 bridgehead atoms. The van der Waals surface area contributed by atoms with Crippen molar-refractivity contribution in [3.05, 3.63) is 34.9 Å². The maximum atomic E-state index is 13.7. The lowest BCUT2D eigenvalue weighted by atomic mass is 10.1. The molecule has 2 nitrogen and oxygen atoms in total. The fourth-order valence-corrected chi connectivity index (χ4v) is 1.87. The van der Waals surface area contributed by atoms with Crippen LogP contribution in [-0.2, 0) is 0 Å². The molecule has 0 aromatic heterocycles. The van der Waals surface area contributed by atoms with Crippen molar-refractivity contribution in [2.45, 2.75) is 32.1 Å². The summed E-state index contributed by atoms with van der Waals surface area (Å²) in [6.45, 7) is 3.64. The van der Waals surface area contributed by atoms with E-state index in [1.165, 1.54) is 13.0 Å². The van der Waals surface area contributed by atoms with Crippen LogP contribution in [0.25, 0.3) is 0 Å². The molecule has 0 fully saturated rings. The van der Waals surface area contributed by atoms with E-state index in [1.54, 1.807) is 0 Å². The van der Waals surface area contributed by atoms with E-state index < -0.39 is 23.1 Å². The molecule has 1 amide bonds. The van der Waals surface area contributed by atoms with Gasteiger partial charge in [0.05, 0.1) is 5.38 Å². The fourth-order valence-electron chi connectivity index (χ4n) is 1.57. The van der Waals surface area contributed by atoms with Crippen LogP contribution in [0.15, 0.2) is 12.1 Å². The highest BCUT2D eigenvalue weighted by Gasteiger charge is 2.19. The Balaban J connectivity index is 2.76. The summed E-state index contributed by atoms with van der Waals surface area (Å²) < 4.78 is 27.1. The Labute approximate surface area is 110 Å². The smallest absolute Gasteiger partial charge is 0.257 e. The van der Waals surface area contributed by atoms with E-state index in [0.717, 1.165) is 18.9 Å². The lowest BCUT2D eigenvalue weighted by Crippen LogP contribution is -2.31. The first kappa shape index (κ1) is 14.9. The average Bonchev–Trinajstić information content (AvgIpc) is 2.32. The van der Waals surface area contributed by atoms with Crippen LogP contribution in [0.1, 0.15) is 35.7 Å². The molecule has 1 aromatic carbocycles. The van der Waals surface area contributed by atoms with E-state index in [4.69, 9.17) is 11.6 Å². The van der Waals surface area contributed by atoms with Gasteiger partial charge in [-0.2, -0.15) is 0 Å². The van der Waals surface area contributed by atoms with Gasteiger partial charge in [-0.3, -0.25) is 4.79 Å². The summed E-state index contributed by atoms with van der Waals surface area (Å²) in [6, 6.07) is 2.38. The molecule has 1 N–H and O–H groups in total. The summed E-state index contributed by atoms with van der Waals surface area (Å²) in [4.78, 5) is 11.7. The van der Waals surface area contributed by atoms with Gasteiger partial charge in [-0.25, -0.2) is 8.78 Å². The topological polar surface area (TPSA) is 29.1 Å². The van der Waals surface area contributed by atoms with Gasteiger partial charge in [0.25, 0.3) is 5.91 Å². The minimum Gasteiger partial charge on any atom is -0.350 e. The molecule has 1 atom stereocenters. The van der Waals surface area contributed by atoms with E-state index in [1.807, 2.05) is 6.92 Å². The molecular weight excluding hydrogens is 260 g/mol. The molecule has 5 heteroatoms. The molecule has 0 radical (unpaired) electrons.